The van der Waals surface area contributed by atoms with Crippen LogP contribution in [0.3, 0.4) is 0 Å². The van der Waals surface area contributed by atoms with E-state index in [-0.39, 0.29) is 0 Å². The van der Waals surface area contributed by atoms with E-state index >= 15 is 0 Å². The van der Waals surface area contributed by atoms with Crippen molar-refractivity contribution in [2.45, 2.75) is 32.5 Å². The van der Waals surface area contributed by atoms with Crippen molar-refractivity contribution in [3.05, 3.63) is 0 Å². The van der Waals surface area contributed by atoms with E-state index in [9.17, 15) is 17.4 Å². The van der Waals surface area contributed by atoms with Crippen molar-refractivity contribution in [3.63, 3.8) is 0 Å². The molecular weight excluding hydrogens is 215 g/mol. The predicted octanol–water partition coefficient (Wildman–Crippen LogP) is 1.69. The predicted molar refractivity (Wildman–Crippen MR) is 51.7 cm³/mol. The average Bonchev–Trinajstić information content (AvgIpc) is 2.00. The van der Waals surface area contributed by atoms with Crippen molar-refractivity contribution in [1.82, 2.24) is 5.32 Å². The molecule has 0 aliphatic carbocycles. The molecule has 2 atom stereocenters. The molecule has 2 unspecified atom stereocenters. The standard InChI is InChI=1S/C8H16F3NOS/c1-3-14(13)5-4-12-7(2)6-8(9,10)11/h7,12H,3-6H2,1-2H3. The van der Waals surface area contributed by atoms with Gasteiger partial charge in [0.05, 0.1) is 6.42 Å². The van der Waals surface area contributed by atoms with Gasteiger partial charge in [-0.15, -0.1) is 0 Å². The number of hydrogen-bond donors (Lipinski definition) is 1. The molecule has 0 saturated carbocycles. The van der Waals surface area contributed by atoms with Crippen LogP contribution in [0.1, 0.15) is 20.3 Å². The third-order valence-corrected chi connectivity index (χ3v) is 2.99. The van der Waals surface area contributed by atoms with E-state index in [2.05, 4.69) is 5.32 Å². The van der Waals surface area contributed by atoms with Gasteiger partial charge in [-0.3, -0.25) is 4.21 Å². The summed E-state index contributed by atoms with van der Waals surface area (Å²) in [6.07, 6.45) is -4.97. The number of alkyl halides is 3. The lowest BCUT2D eigenvalue weighted by molar-refractivity contribution is -0.138. The molecule has 0 aliphatic rings. The van der Waals surface area contributed by atoms with E-state index in [1.807, 2.05) is 0 Å². The highest BCUT2D eigenvalue weighted by Crippen LogP contribution is 2.20. The molecule has 0 fully saturated rings. The molecule has 0 rings (SSSR count). The van der Waals surface area contributed by atoms with E-state index in [1.165, 1.54) is 6.92 Å². The minimum absolute atomic E-state index is 0.373. The van der Waals surface area contributed by atoms with Gasteiger partial charge in [0.15, 0.2) is 0 Å². The molecule has 0 radical (unpaired) electrons. The number of halogens is 3. The molecule has 86 valence electrons. The van der Waals surface area contributed by atoms with Crippen molar-refractivity contribution in [1.29, 1.82) is 0 Å². The topological polar surface area (TPSA) is 29.1 Å². The first-order valence-corrected chi connectivity index (χ1v) is 5.99. The van der Waals surface area contributed by atoms with Crippen LogP contribution >= 0.6 is 0 Å². The van der Waals surface area contributed by atoms with Gasteiger partial charge in [-0.2, -0.15) is 13.2 Å². The summed E-state index contributed by atoms with van der Waals surface area (Å²) in [5, 5.41) is 2.69. The molecule has 2 nitrogen and oxygen atoms in total. The third kappa shape index (κ3) is 8.50. The van der Waals surface area contributed by atoms with Gasteiger partial charge in [0.25, 0.3) is 0 Å². The summed E-state index contributed by atoms with van der Waals surface area (Å²) in [6, 6.07) is -0.608. The second-order valence-electron chi connectivity index (χ2n) is 3.11. The van der Waals surface area contributed by atoms with Gasteiger partial charge in [-0.1, -0.05) is 6.92 Å². The van der Waals surface area contributed by atoms with Gasteiger partial charge in [0.2, 0.25) is 0 Å². The third-order valence-electron chi connectivity index (χ3n) is 1.68. The molecule has 0 aromatic heterocycles. The summed E-state index contributed by atoms with van der Waals surface area (Å²) in [7, 11) is -0.910. The fourth-order valence-electron chi connectivity index (χ4n) is 0.983. The zero-order valence-electron chi connectivity index (χ0n) is 8.36. The Hall–Kier alpha value is -0.100. The van der Waals surface area contributed by atoms with Gasteiger partial charge in [-0.25, -0.2) is 0 Å². The minimum atomic E-state index is -4.13. The summed E-state index contributed by atoms with van der Waals surface area (Å²) in [4.78, 5) is 0. The van der Waals surface area contributed by atoms with E-state index in [0.29, 0.717) is 18.1 Å². The summed E-state index contributed by atoms with van der Waals surface area (Å²) in [5.74, 6) is 0.966. The second kappa shape index (κ2) is 6.40. The fraction of sp³-hybridized carbons (Fsp3) is 1.00. The number of rotatable bonds is 6. The first kappa shape index (κ1) is 13.9. The quantitative estimate of drug-likeness (QED) is 0.753. The molecule has 6 heteroatoms. The highest BCUT2D eigenvalue weighted by Gasteiger charge is 2.29. The zero-order chi connectivity index (χ0) is 11.2. The van der Waals surface area contributed by atoms with Crippen LogP contribution in [0.5, 0.6) is 0 Å². The molecule has 0 aromatic carbocycles. The Morgan fingerprint density at radius 1 is 1.43 bits per heavy atom. The van der Waals surface area contributed by atoms with Gasteiger partial charge < -0.3 is 5.32 Å². The Balaban J connectivity index is 3.54. The lowest BCUT2D eigenvalue weighted by Crippen LogP contribution is -2.33. The van der Waals surface area contributed by atoms with E-state index in [0.717, 1.165) is 0 Å². The van der Waals surface area contributed by atoms with E-state index in [1.54, 1.807) is 6.92 Å². The molecule has 14 heavy (non-hydrogen) atoms. The maximum atomic E-state index is 11.9. The lowest BCUT2D eigenvalue weighted by Gasteiger charge is -2.15. The molecular formula is C8H16F3NOS. The Morgan fingerprint density at radius 2 is 2.00 bits per heavy atom. The van der Waals surface area contributed by atoms with E-state index in [4.69, 9.17) is 0 Å². The van der Waals surface area contributed by atoms with Crippen LogP contribution in [0.4, 0.5) is 13.2 Å². The highest BCUT2D eigenvalue weighted by atomic mass is 32.2. The Labute approximate surface area is 84.7 Å². The van der Waals surface area contributed by atoms with Gasteiger partial charge >= 0.3 is 6.18 Å². The summed E-state index contributed by atoms with van der Waals surface area (Å²) in [5.41, 5.74) is 0. The lowest BCUT2D eigenvalue weighted by atomic mass is 10.2. The maximum absolute atomic E-state index is 11.9. The van der Waals surface area contributed by atoms with Crippen LogP contribution in [-0.4, -0.2) is 34.5 Å². The SMILES string of the molecule is CCS(=O)CCNC(C)CC(F)(F)F. The second-order valence-corrected chi connectivity index (χ2v) is 4.97. The molecule has 1 N–H and O–H groups in total. The minimum Gasteiger partial charge on any atom is -0.313 e. The highest BCUT2D eigenvalue weighted by molar-refractivity contribution is 7.84. The largest absolute Gasteiger partial charge is 0.390 e. The van der Waals surface area contributed by atoms with Crippen molar-refractivity contribution in [2.24, 2.45) is 0 Å². The molecule has 0 bridgehead atoms. The number of hydrogen-bond acceptors (Lipinski definition) is 2. The molecule has 0 saturated heterocycles. The van der Waals surface area contributed by atoms with Crippen LogP contribution in [0.25, 0.3) is 0 Å². The smallest absolute Gasteiger partial charge is 0.313 e. The zero-order valence-corrected chi connectivity index (χ0v) is 9.17. The van der Waals surface area contributed by atoms with E-state index < -0.39 is 29.4 Å². The molecule has 0 aromatic rings. The first-order valence-electron chi connectivity index (χ1n) is 4.50. The molecule has 0 aliphatic heterocycles. The molecule has 0 heterocycles. The normalized spacial score (nSPS) is 16.6. The van der Waals surface area contributed by atoms with Crippen LogP contribution in [0.2, 0.25) is 0 Å². The van der Waals surface area contributed by atoms with Crippen LogP contribution in [0.15, 0.2) is 0 Å². The monoisotopic (exact) mass is 231 g/mol. The fourth-order valence-corrected chi connectivity index (χ4v) is 1.62. The summed E-state index contributed by atoms with van der Waals surface area (Å²) < 4.78 is 46.5. The number of nitrogens with one attached hydrogen (secondary N) is 1. The molecule has 0 spiro atoms. The Bertz CT molecular complexity index is 184. The van der Waals surface area contributed by atoms with Gasteiger partial charge in [-0.05, 0) is 6.92 Å². The van der Waals surface area contributed by atoms with Gasteiger partial charge in [0, 0.05) is 34.9 Å². The first-order chi connectivity index (χ1) is 6.35. The van der Waals surface area contributed by atoms with Crippen LogP contribution < -0.4 is 5.32 Å². The van der Waals surface area contributed by atoms with Crippen molar-refractivity contribution < 1.29 is 17.4 Å². The summed E-state index contributed by atoms with van der Waals surface area (Å²) in [6.45, 7) is 3.63. The average molecular weight is 231 g/mol. The Morgan fingerprint density at radius 3 is 2.43 bits per heavy atom. The van der Waals surface area contributed by atoms with Crippen LogP contribution in [0, 0.1) is 0 Å². The van der Waals surface area contributed by atoms with Gasteiger partial charge in [0.1, 0.15) is 0 Å². The van der Waals surface area contributed by atoms with Crippen molar-refractivity contribution in [2.75, 3.05) is 18.1 Å². The summed E-state index contributed by atoms with van der Waals surface area (Å²) >= 11 is 0. The molecule has 0 amide bonds. The Kier molecular flexibility index (Phi) is 6.35. The van der Waals surface area contributed by atoms with Crippen molar-refractivity contribution >= 4 is 10.8 Å². The maximum Gasteiger partial charge on any atom is 0.390 e. The van der Waals surface area contributed by atoms with Crippen LogP contribution in [-0.2, 0) is 10.8 Å². The van der Waals surface area contributed by atoms with Crippen molar-refractivity contribution in [3.8, 4) is 0 Å².